The average molecular weight is 424 g/mol. The van der Waals surface area contributed by atoms with E-state index in [0.717, 1.165) is 16.9 Å². The molecule has 4 rings (SSSR count). The Labute approximate surface area is 185 Å². The summed E-state index contributed by atoms with van der Waals surface area (Å²) in [5, 5.41) is 16.6. The molecule has 0 radical (unpaired) electrons. The number of aromatic nitrogens is 2. The molecule has 6 heteroatoms. The number of hydrogen-bond donors (Lipinski definition) is 1. The Kier molecular flexibility index (Phi) is 6.38. The summed E-state index contributed by atoms with van der Waals surface area (Å²) in [6.07, 6.45) is 0.742. The third-order valence-corrected chi connectivity index (χ3v) is 5.06. The second kappa shape index (κ2) is 9.71. The van der Waals surface area contributed by atoms with Gasteiger partial charge in [-0.1, -0.05) is 42.5 Å². The van der Waals surface area contributed by atoms with Crippen molar-refractivity contribution >= 4 is 5.91 Å². The largest absolute Gasteiger partial charge is 0.352 e. The Morgan fingerprint density at radius 1 is 1.00 bits per heavy atom. The molecule has 32 heavy (non-hydrogen) atoms. The molecule has 0 spiro atoms. The molecule has 0 aliphatic heterocycles. The van der Waals surface area contributed by atoms with Gasteiger partial charge in [0.25, 0.3) is 0 Å². The molecule has 4 aromatic rings. The second-order valence-electron chi connectivity index (χ2n) is 7.36. The van der Waals surface area contributed by atoms with Gasteiger partial charge < -0.3 is 5.32 Å². The Balaban J connectivity index is 1.53. The van der Waals surface area contributed by atoms with Gasteiger partial charge in [0, 0.05) is 24.9 Å². The molecule has 0 aliphatic rings. The van der Waals surface area contributed by atoms with Crippen LogP contribution in [0.3, 0.4) is 0 Å². The van der Waals surface area contributed by atoms with Crippen LogP contribution in [0.4, 0.5) is 4.39 Å². The molecule has 0 saturated heterocycles. The van der Waals surface area contributed by atoms with Crippen LogP contribution in [-0.2, 0) is 17.8 Å². The summed E-state index contributed by atoms with van der Waals surface area (Å²) in [5.74, 6) is -0.397. The number of hydrogen-bond acceptors (Lipinski definition) is 3. The van der Waals surface area contributed by atoms with Gasteiger partial charge in [-0.15, -0.1) is 0 Å². The average Bonchev–Trinajstić information content (AvgIpc) is 3.26. The smallest absolute Gasteiger partial charge is 0.220 e. The van der Waals surface area contributed by atoms with Gasteiger partial charge in [0.2, 0.25) is 5.91 Å². The minimum absolute atomic E-state index is 0.0610. The fraction of sp³-hybridized carbons (Fsp3) is 0.115. The van der Waals surface area contributed by atoms with E-state index in [1.807, 2.05) is 42.5 Å². The predicted molar refractivity (Wildman–Crippen MR) is 120 cm³/mol. The standard InChI is InChI=1S/C26H21FN4O/c27-22-8-4-7-21(15-22)25-16-23(30-31(25)24-12-9-19(17-28)10-13-24)11-14-26(32)29-18-20-5-2-1-3-6-20/h1-10,12-13,15-16H,11,14,18H2,(H,29,32). The first kappa shape index (κ1) is 21.0. The highest BCUT2D eigenvalue weighted by atomic mass is 19.1. The van der Waals surface area contributed by atoms with Crippen molar-refractivity contribution in [1.82, 2.24) is 15.1 Å². The highest BCUT2D eigenvalue weighted by Gasteiger charge is 2.14. The van der Waals surface area contributed by atoms with Crippen LogP contribution >= 0.6 is 0 Å². The monoisotopic (exact) mass is 424 g/mol. The van der Waals surface area contributed by atoms with Gasteiger partial charge >= 0.3 is 0 Å². The van der Waals surface area contributed by atoms with E-state index in [0.29, 0.717) is 36.2 Å². The third kappa shape index (κ3) is 5.08. The number of rotatable bonds is 7. The van der Waals surface area contributed by atoms with Gasteiger partial charge in [-0.05, 0) is 48.0 Å². The van der Waals surface area contributed by atoms with E-state index in [1.165, 1.54) is 12.1 Å². The quantitative estimate of drug-likeness (QED) is 0.463. The SMILES string of the molecule is N#Cc1ccc(-n2nc(CCC(=O)NCc3ccccc3)cc2-c2cccc(F)c2)cc1. The molecule has 158 valence electrons. The number of nitrogens with zero attached hydrogens (tertiary/aromatic N) is 3. The van der Waals surface area contributed by atoms with Crippen molar-refractivity contribution in [2.24, 2.45) is 0 Å². The van der Waals surface area contributed by atoms with E-state index in [4.69, 9.17) is 5.26 Å². The fourth-order valence-corrected chi connectivity index (χ4v) is 3.41. The second-order valence-corrected chi connectivity index (χ2v) is 7.36. The maximum atomic E-state index is 13.9. The molecule has 1 heterocycles. The van der Waals surface area contributed by atoms with Crippen molar-refractivity contribution in [3.8, 4) is 23.0 Å². The molecule has 0 fully saturated rings. The molecule has 0 unspecified atom stereocenters. The lowest BCUT2D eigenvalue weighted by Gasteiger charge is -2.08. The maximum Gasteiger partial charge on any atom is 0.220 e. The van der Waals surface area contributed by atoms with Crippen molar-refractivity contribution < 1.29 is 9.18 Å². The van der Waals surface area contributed by atoms with Crippen molar-refractivity contribution in [2.45, 2.75) is 19.4 Å². The minimum Gasteiger partial charge on any atom is -0.352 e. The number of carbonyl (C=O) groups excluding carboxylic acids is 1. The molecule has 3 aromatic carbocycles. The zero-order valence-electron chi connectivity index (χ0n) is 17.3. The van der Waals surface area contributed by atoms with Crippen LogP contribution in [0, 0.1) is 17.1 Å². The van der Waals surface area contributed by atoms with E-state index in [9.17, 15) is 9.18 Å². The van der Waals surface area contributed by atoms with E-state index in [1.54, 1.807) is 35.0 Å². The lowest BCUT2D eigenvalue weighted by atomic mass is 10.1. The molecule has 0 bridgehead atoms. The normalized spacial score (nSPS) is 10.5. The number of benzene rings is 3. The molecule has 0 aliphatic carbocycles. The summed E-state index contributed by atoms with van der Waals surface area (Å²) in [6.45, 7) is 0.480. The Morgan fingerprint density at radius 3 is 2.50 bits per heavy atom. The van der Waals surface area contributed by atoms with Gasteiger partial charge in [-0.3, -0.25) is 4.79 Å². The number of aryl methyl sites for hydroxylation is 1. The summed E-state index contributed by atoms with van der Waals surface area (Å²) in [6, 6.07) is 27.0. The highest BCUT2D eigenvalue weighted by Crippen LogP contribution is 2.25. The molecular weight excluding hydrogens is 403 g/mol. The maximum absolute atomic E-state index is 13.9. The number of carbonyl (C=O) groups is 1. The molecule has 0 atom stereocenters. The number of nitrogens with one attached hydrogen (secondary N) is 1. The first-order chi connectivity index (χ1) is 15.6. The molecule has 1 aromatic heterocycles. The van der Waals surface area contributed by atoms with Gasteiger partial charge in [-0.2, -0.15) is 10.4 Å². The van der Waals surface area contributed by atoms with Crippen LogP contribution in [0.1, 0.15) is 23.2 Å². The summed E-state index contributed by atoms with van der Waals surface area (Å²) >= 11 is 0. The van der Waals surface area contributed by atoms with Crippen molar-refractivity contribution in [3.05, 3.63) is 108 Å². The topological polar surface area (TPSA) is 70.7 Å². The Hall–Kier alpha value is -4.24. The molecular formula is C26H21FN4O. The zero-order chi connectivity index (χ0) is 22.3. The summed E-state index contributed by atoms with van der Waals surface area (Å²) < 4.78 is 15.6. The van der Waals surface area contributed by atoms with Crippen molar-refractivity contribution in [1.29, 1.82) is 5.26 Å². The number of amides is 1. The molecule has 0 saturated carbocycles. The van der Waals surface area contributed by atoms with Crippen molar-refractivity contribution in [2.75, 3.05) is 0 Å². The van der Waals surface area contributed by atoms with Gasteiger partial charge in [0.05, 0.1) is 28.7 Å². The van der Waals surface area contributed by atoms with Crippen LogP contribution in [0.2, 0.25) is 0 Å². The van der Waals surface area contributed by atoms with Gasteiger partial charge in [0.1, 0.15) is 5.82 Å². The van der Waals surface area contributed by atoms with E-state index < -0.39 is 0 Å². The Bertz CT molecular complexity index is 1260. The van der Waals surface area contributed by atoms with Crippen LogP contribution in [-0.4, -0.2) is 15.7 Å². The first-order valence-electron chi connectivity index (χ1n) is 10.3. The van der Waals surface area contributed by atoms with Crippen molar-refractivity contribution in [3.63, 3.8) is 0 Å². The molecule has 1 N–H and O–H groups in total. The van der Waals surface area contributed by atoms with Crippen LogP contribution in [0.25, 0.3) is 16.9 Å². The molecule has 1 amide bonds. The lowest BCUT2D eigenvalue weighted by molar-refractivity contribution is -0.121. The van der Waals surface area contributed by atoms with Gasteiger partial charge in [0.15, 0.2) is 0 Å². The fourth-order valence-electron chi connectivity index (χ4n) is 3.41. The van der Waals surface area contributed by atoms with Crippen LogP contribution in [0.5, 0.6) is 0 Å². The van der Waals surface area contributed by atoms with Crippen LogP contribution in [0.15, 0.2) is 84.9 Å². The molecule has 5 nitrogen and oxygen atoms in total. The predicted octanol–water partition coefficient (Wildman–Crippen LogP) is 4.80. The lowest BCUT2D eigenvalue weighted by Crippen LogP contribution is -2.23. The van der Waals surface area contributed by atoms with E-state index in [2.05, 4.69) is 16.5 Å². The number of nitriles is 1. The number of halogens is 1. The summed E-state index contributed by atoms with van der Waals surface area (Å²) in [7, 11) is 0. The first-order valence-corrected chi connectivity index (χ1v) is 10.3. The van der Waals surface area contributed by atoms with E-state index >= 15 is 0 Å². The highest BCUT2D eigenvalue weighted by molar-refractivity contribution is 5.76. The minimum atomic E-state index is -0.336. The van der Waals surface area contributed by atoms with E-state index in [-0.39, 0.29) is 11.7 Å². The summed E-state index contributed by atoms with van der Waals surface area (Å²) in [5.41, 5.74) is 4.46. The van der Waals surface area contributed by atoms with Crippen LogP contribution < -0.4 is 5.32 Å². The van der Waals surface area contributed by atoms with Gasteiger partial charge in [-0.25, -0.2) is 9.07 Å². The summed E-state index contributed by atoms with van der Waals surface area (Å²) in [4.78, 5) is 12.3. The third-order valence-electron chi connectivity index (χ3n) is 5.06. The Morgan fingerprint density at radius 2 is 1.78 bits per heavy atom. The zero-order valence-corrected chi connectivity index (χ0v) is 17.3.